The van der Waals surface area contributed by atoms with Crippen LogP contribution in [0.4, 0.5) is 26.3 Å². The lowest BCUT2D eigenvalue weighted by Crippen LogP contribution is -2.26. The summed E-state index contributed by atoms with van der Waals surface area (Å²) >= 11 is 0. The molecule has 2 aliphatic carbocycles. The van der Waals surface area contributed by atoms with Crippen LogP contribution in [0.25, 0.3) is 0 Å². The zero-order chi connectivity index (χ0) is 24.6. The summed E-state index contributed by atoms with van der Waals surface area (Å²) in [6.07, 6.45) is 4.00. The molecule has 0 unspecified atom stereocenters. The molecule has 0 saturated heterocycles. The Hall–Kier alpha value is -2.18. The monoisotopic (exact) mass is 484 g/mol. The van der Waals surface area contributed by atoms with Crippen LogP contribution >= 0.6 is 0 Å². The van der Waals surface area contributed by atoms with Gasteiger partial charge >= 0.3 is 6.11 Å². The van der Waals surface area contributed by atoms with Crippen molar-refractivity contribution in [2.24, 2.45) is 17.8 Å². The number of halogens is 6. The highest BCUT2D eigenvalue weighted by Gasteiger charge is 2.42. The van der Waals surface area contributed by atoms with Crippen molar-refractivity contribution in [3.8, 4) is 5.75 Å². The summed E-state index contributed by atoms with van der Waals surface area (Å²) < 4.78 is 90.5. The number of alkyl halides is 2. The van der Waals surface area contributed by atoms with Crippen molar-refractivity contribution in [3.63, 3.8) is 0 Å². The minimum atomic E-state index is -4.45. The summed E-state index contributed by atoms with van der Waals surface area (Å²) in [5.41, 5.74) is -1.58. The summed E-state index contributed by atoms with van der Waals surface area (Å²) in [6.45, 7) is 3.42. The molecular formula is C27H30F6O. The summed E-state index contributed by atoms with van der Waals surface area (Å²) in [5, 5.41) is 0. The second-order valence-electron chi connectivity index (χ2n) is 10.1. The molecule has 2 aromatic carbocycles. The molecule has 2 aliphatic rings. The average Bonchev–Trinajstić information content (AvgIpc) is 2.77. The highest BCUT2D eigenvalue weighted by Crippen LogP contribution is 2.45. The maximum Gasteiger partial charge on any atom is 0.432 e. The van der Waals surface area contributed by atoms with Gasteiger partial charge in [-0.3, -0.25) is 0 Å². The molecule has 7 heteroatoms. The Morgan fingerprint density at radius 3 is 1.68 bits per heavy atom. The van der Waals surface area contributed by atoms with Gasteiger partial charge in [-0.15, -0.1) is 0 Å². The molecule has 0 N–H and O–H groups in total. The standard InChI is InChI=1S/C27H30F6O/c1-15-3-5-17(6-4-15)18-7-9-19(10-8-18)20-11-24(30)26(25(31)12-20)27(32,33)34-21-13-22(28)16(2)23(29)14-21/h11-15,17-19H,3-10H2,1-2H3. The van der Waals surface area contributed by atoms with E-state index in [2.05, 4.69) is 11.7 Å². The van der Waals surface area contributed by atoms with Gasteiger partial charge in [0.15, 0.2) is 0 Å². The van der Waals surface area contributed by atoms with Crippen LogP contribution in [-0.2, 0) is 6.11 Å². The van der Waals surface area contributed by atoms with Crippen molar-refractivity contribution in [3.05, 3.63) is 64.2 Å². The molecule has 34 heavy (non-hydrogen) atoms. The van der Waals surface area contributed by atoms with Crippen molar-refractivity contribution in [2.45, 2.75) is 77.2 Å². The highest BCUT2D eigenvalue weighted by molar-refractivity contribution is 5.34. The zero-order valence-corrected chi connectivity index (χ0v) is 19.5. The van der Waals surface area contributed by atoms with E-state index < -0.39 is 40.7 Å². The lowest BCUT2D eigenvalue weighted by Gasteiger charge is -2.37. The first kappa shape index (κ1) is 24.9. The van der Waals surface area contributed by atoms with E-state index in [0.717, 1.165) is 50.7 Å². The molecule has 0 bridgehead atoms. The van der Waals surface area contributed by atoms with Gasteiger partial charge in [0.25, 0.3) is 0 Å². The van der Waals surface area contributed by atoms with Crippen LogP contribution in [0.1, 0.15) is 80.9 Å². The average molecular weight is 485 g/mol. The van der Waals surface area contributed by atoms with Gasteiger partial charge in [-0.05, 0) is 86.8 Å². The molecule has 0 heterocycles. The van der Waals surface area contributed by atoms with E-state index in [4.69, 9.17) is 0 Å². The second-order valence-corrected chi connectivity index (χ2v) is 10.1. The fraction of sp³-hybridized carbons (Fsp3) is 0.556. The summed E-state index contributed by atoms with van der Waals surface area (Å²) in [6, 6.07) is 3.00. The van der Waals surface area contributed by atoms with Crippen LogP contribution in [0.5, 0.6) is 5.75 Å². The van der Waals surface area contributed by atoms with Crippen LogP contribution in [0.2, 0.25) is 0 Å². The van der Waals surface area contributed by atoms with Gasteiger partial charge in [0.1, 0.15) is 34.6 Å². The van der Waals surface area contributed by atoms with Gasteiger partial charge in [-0.2, -0.15) is 8.78 Å². The Morgan fingerprint density at radius 1 is 0.706 bits per heavy atom. The first-order valence-electron chi connectivity index (χ1n) is 12.1. The van der Waals surface area contributed by atoms with Gasteiger partial charge in [-0.25, -0.2) is 17.6 Å². The van der Waals surface area contributed by atoms with E-state index in [0.29, 0.717) is 29.5 Å². The van der Waals surface area contributed by atoms with Crippen LogP contribution in [0.3, 0.4) is 0 Å². The predicted molar refractivity (Wildman–Crippen MR) is 118 cm³/mol. The molecule has 2 fully saturated rings. The predicted octanol–water partition coefficient (Wildman–Crippen LogP) is 8.78. The SMILES string of the molecule is Cc1c(F)cc(OC(F)(F)c2c(F)cc(C3CCC(C4CCC(C)CC4)CC3)cc2F)cc1F. The second kappa shape index (κ2) is 9.82. The summed E-state index contributed by atoms with van der Waals surface area (Å²) in [7, 11) is 0. The third kappa shape index (κ3) is 5.23. The highest BCUT2D eigenvalue weighted by atomic mass is 19.3. The molecule has 0 radical (unpaired) electrons. The zero-order valence-electron chi connectivity index (χ0n) is 19.5. The van der Waals surface area contributed by atoms with Crippen molar-refractivity contribution in [1.82, 2.24) is 0 Å². The lowest BCUT2D eigenvalue weighted by molar-refractivity contribution is -0.189. The van der Waals surface area contributed by atoms with Crippen molar-refractivity contribution in [1.29, 1.82) is 0 Å². The quantitative estimate of drug-likeness (QED) is 0.386. The Kier molecular flexibility index (Phi) is 7.20. The lowest BCUT2D eigenvalue weighted by atomic mass is 9.68. The molecule has 186 valence electrons. The minimum absolute atomic E-state index is 0.0911. The van der Waals surface area contributed by atoms with Crippen LogP contribution in [-0.4, -0.2) is 0 Å². The smallest absolute Gasteiger partial charge is 0.429 e. The Bertz CT molecular complexity index is 974. The normalized spacial score (nSPS) is 25.9. The fourth-order valence-electron chi connectivity index (χ4n) is 5.67. The number of rotatable bonds is 5. The molecule has 0 spiro atoms. The molecule has 4 rings (SSSR count). The maximum absolute atomic E-state index is 14.7. The molecule has 0 amide bonds. The van der Waals surface area contributed by atoms with Gasteiger partial charge in [-0.1, -0.05) is 19.8 Å². The summed E-state index contributed by atoms with van der Waals surface area (Å²) in [5.74, 6) is -3.90. The minimum Gasteiger partial charge on any atom is -0.429 e. The van der Waals surface area contributed by atoms with E-state index in [1.807, 2.05) is 0 Å². The summed E-state index contributed by atoms with van der Waals surface area (Å²) in [4.78, 5) is 0. The largest absolute Gasteiger partial charge is 0.432 e. The topological polar surface area (TPSA) is 9.23 Å². The van der Waals surface area contributed by atoms with Crippen LogP contribution < -0.4 is 4.74 Å². The molecule has 0 atom stereocenters. The Morgan fingerprint density at radius 2 is 1.18 bits per heavy atom. The maximum atomic E-state index is 14.7. The van der Waals surface area contributed by atoms with Gasteiger partial charge in [0, 0.05) is 17.7 Å². The first-order valence-corrected chi connectivity index (χ1v) is 12.1. The molecule has 2 aromatic rings. The van der Waals surface area contributed by atoms with Crippen molar-refractivity contribution >= 4 is 0 Å². The van der Waals surface area contributed by atoms with Crippen LogP contribution in [0, 0.1) is 47.9 Å². The van der Waals surface area contributed by atoms with E-state index in [1.54, 1.807) is 0 Å². The third-order valence-electron chi connectivity index (χ3n) is 7.83. The Labute approximate surface area is 196 Å². The van der Waals surface area contributed by atoms with Crippen LogP contribution in [0.15, 0.2) is 24.3 Å². The molecule has 0 aromatic heterocycles. The number of ether oxygens (including phenoxy) is 1. The molecule has 0 aliphatic heterocycles. The van der Waals surface area contributed by atoms with Gasteiger partial charge in [0.2, 0.25) is 0 Å². The van der Waals surface area contributed by atoms with E-state index in [9.17, 15) is 26.3 Å². The van der Waals surface area contributed by atoms with Gasteiger partial charge < -0.3 is 4.74 Å². The van der Waals surface area contributed by atoms with Gasteiger partial charge in [0.05, 0.1) is 0 Å². The molecule has 2 saturated carbocycles. The molecular weight excluding hydrogens is 454 g/mol. The van der Waals surface area contributed by atoms with E-state index >= 15 is 0 Å². The first-order chi connectivity index (χ1) is 16.0. The molecule has 1 nitrogen and oxygen atoms in total. The Balaban J connectivity index is 1.47. The number of hydrogen-bond donors (Lipinski definition) is 0. The van der Waals surface area contributed by atoms with Crippen molar-refractivity contribution < 1.29 is 31.1 Å². The van der Waals surface area contributed by atoms with E-state index in [1.165, 1.54) is 25.7 Å². The van der Waals surface area contributed by atoms with E-state index in [-0.39, 0.29) is 11.5 Å². The number of hydrogen-bond acceptors (Lipinski definition) is 1. The van der Waals surface area contributed by atoms with Crippen molar-refractivity contribution in [2.75, 3.05) is 0 Å². The third-order valence-corrected chi connectivity index (χ3v) is 7.83. The fourth-order valence-corrected chi connectivity index (χ4v) is 5.67. The number of benzene rings is 2.